The van der Waals surface area contributed by atoms with Gasteiger partial charge in [-0.05, 0) is 30.7 Å². The fourth-order valence-corrected chi connectivity index (χ4v) is 2.81. The average molecular weight is 318 g/mol. The third-order valence-corrected chi connectivity index (χ3v) is 4.17. The maximum Gasteiger partial charge on any atom is 0.152 e. The van der Waals surface area contributed by atoms with Crippen LogP contribution in [-0.2, 0) is 14.3 Å². The third kappa shape index (κ3) is 4.91. The molecule has 0 aromatic heterocycles. The Hall–Kier alpha value is -1.65. The van der Waals surface area contributed by atoms with Crippen LogP contribution in [0.3, 0.4) is 0 Å². The first-order valence-corrected chi connectivity index (χ1v) is 8.07. The Morgan fingerprint density at radius 1 is 1.09 bits per heavy atom. The summed E-state index contributed by atoms with van der Waals surface area (Å²) in [5.41, 5.74) is 0.996. The Labute approximate surface area is 138 Å². The molecule has 0 bridgehead atoms. The first-order valence-electron chi connectivity index (χ1n) is 8.07. The predicted octanol–water partition coefficient (Wildman–Crippen LogP) is 3.35. The van der Waals surface area contributed by atoms with Crippen molar-refractivity contribution in [3.8, 4) is 5.75 Å². The normalized spacial score (nSPS) is 29.0. The number of benzene rings is 1. The molecule has 0 unspecified atom stereocenters. The van der Waals surface area contributed by atoms with E-state index in [4.69, 9.17) is 14.2 Å². The van der Waals surface area contributed by atoms with Crippen LogP contribution >= 0.6 is 0 Å². The molecule has 4 nitrogen and oxygen atoms in total. The first-order chi connectivity index (χ1) is 11.0. The number of fused-ring (bicyclic) bond motifs is 1. The molecule has 23 heavy (non-hydrogen) atoms. The summed E-state index contributed by atoms with van der Waals surface area (Å²) >= 11 is 0. The van der Waals surface area contributed by atoms with Gasteiger partial charge in [-0.1, -0.05) is 32.1 Å². The molecule has 0 aliphatic carbocycles. The van der Waals surface area contributed by atoms with Crippen LogP contribution in [0.4, 0.5) is 0 Å². The van der Waals surface area contributed by atoms with Crippen LogP contribution in [-0.4, -0.2) is 38.3 Å². The number of allylic oxidation sites excluding steroid dienone is 1. The topological polar surface area (TPSA) is 44.8 Å². The minimum absolute atomic E-state index is 0.0517. The van der Waals surface area contributed by atoms with Crippen LogP contribution in [0, 0.1) is 11.8 Å². The molecule has 0 spiro atoms. The minimum Gasteiger partial charge on any atom is -0.497 e. The van der Waals surface area contributed by atoms with Crippen LogP contribution in [0.2, 0.25) is 0 Å². The van der Waals surface area contributed by atoms with Crippen molar-refractivity contribution in [2.24, 2.45) is 11.8 Å². The van der Waals surface area contributed by atoms with Gasteiger partial charge in [0.15, 0.2) is 5.78 Å². The van der Waals surface area contributed by atoms with Crippen LogP contribution in [0.25, 0.3) is 6.08 Å². The summed E-state index contributed by atoms with van der Waals surface area (Å²) in [6, 6.07) is 7.52. The minimum atomic E-state index is 0.0517. The Balaban J connectivity index is 0.000000172. The second-order valence-corrected chi connectivity index (χ2v) is 6.27. The number of ether oxygens (including phenoxy) is 3. The maximum absolute atomic E-state index is 10.6. The molecular formula is C19H26O4. The fourth-order valence-electron chi connectivity index (χ4n) is 2.81. The lowest BCUT2D eigenvalue weighted by atomic mass is 9.99. The number of rotatable bonds is 3. The first kappa shape index (κ1) is 17.7. The molecule has 0 N–H and O–H groups in total. The maximum atomic E-state index is 10.6. The lowest BCUT2D eigenvalue weighted by molar-refractivity contribution is -0.112. The highest BCUT2D eigenvalue weighted by atomic mass is 16.6. The van der Waals surface area contributed by atoms with E-state index in [2.05, 4.69) is 13.8 Å². The van der Waals surface area contributed by atoms with Crippen molar-refractivity contribution in [3.05, 3.63) is 35.9 Å². The highest BCUT2D eigenvalue weighted by Crippen LogP contribution is 2.33. The van der Waals surface area contributed by atoms with Crippen molar-refractivity contribution < 1.29 is 19.0 Å². The van der Waals surface area contributed by atoms with E-state index < -0.39 is 0 Å². The fraction of sp³-hybridized carbons (Fsp3) is 0.526. The summed E-state index contributed by atoms with van der Waals surface area (Å²) in [4.78, 5) is 10.6. The summed E-state index contributed by atoms with van der Waals surface area (Å²) in [5, 5.41) is 0. The Bertz CT molecular complexity index is 519. The lowest BCUT2D eigenvalue weighted by Crippen LogP contribution is -2.23. The van der Waals surface area contributed by atoms with Gasteiger partial charge in [0.25, 0.3) is 0 Å². The molecule has 1 aromatic carbocycles. The van der Waals surface area contributed by atoms with E-state index in [9.17, 15) is 4.79 Å². The number of hydrogen-bond donors (Lipinski definition) is 0. The summed E-state index contributed by atoms with van der Waals surface area (Å²) in [7, 11) is 1.63. The molecule has 3 rings (SSSR count). The largest absolute Gasteiger partial charge is 0.497 e. The van der Waals surface area contributed by atoms with Crippen LogP contribution < -0.4 is 4.74 Å². The number of ketones is 1. The third-order valence-electron chi connectivity index (χ3n) is 4.17. The lowest BCUT2D eigenvalue weighted by Gasteiger charge is -2.10. The zero-order chi connectivity index (χ0) is 16.8. The standard InChI is InChI=1S/C11H12O2.C8H14O2/c1-9(12)3-4-10-5-7-11(13-2)8-6-10;1-5-3-9-8-6(2)4-10-7(5)8/h3-8H,1-2H3;5-8H,3-4H2,1-2H3/t;5-,6-,7-,8-/m.1/s1. The van der Waals surface area contributed by atoms with Gasteiger partial charge in [-0.3, -0.25) is 4.79 Å². The van der Waals surface area contributed by atoms with E-state index in [1.54, 1.807) is 19.3 Å². The van der Waals surface area contributed by atoms with Gasteiger partial charge in [0.05, 0.1) is 32.5 Å². The van der Waals surface area contributed by atoms with Crippen LogP contribution in [0.1, 0.15) is 26.3 Å². The molecule has 4 heteroatoms. The smallest absolute Gasteiger partial charge is 0.152 e. The van der Waals surface area contributed by atoms with Gasteiger partial charge < -0.3 is 14.2 Å². The van der Waals surface area contributed by atoms with Gasteiger partial charge in [-0.15, -0.1) is 0 Å². The number of methoxy groups -OCH3 is 1. The van der Waals surface area contributed by atoms with Crippen molar-refractivity contribution in [1.82, 2.24) is 0 Å². The molecule has 0 radical (unpaired) electrons. The van der Waals surface area contributed by atoms with Gasteiger partial charge >= 0.3 is 0 Å². The second kappa shape index (κ2) is 8.27. The average Bonchev–Trinajstić information content (AvgIpc) is 3.10. The van der Waals surface area contributed by atoms with E-state index >= 15 is 0 Å². The molecule has 2 aliphatic rings. The Kier molecular flexibility index (Phi) is 6.37. The summed E-state index contributed by atoms with van der Waals surface area (Å²) in [6.07, 6.45) is 4.12. The van der Waals surface area contributed by atoms with E-state index in [1.807, 2.05) is 24.3 Å². The van der Waals surface area contributed by atoms with Crippen LogP contribution in [0.15, 0.2) is 30.3 Å². The SMILES string of the molecule is COc1ccc(C=CC(C)=O)cc1.C[C@@H]1CO[C@H]2[C@@H]1OC[C@H]2C. The van der Waals surface area contributed by atoms with Gasteiger partial charge in [-0.2, -0.15) is 0 Å². The highest BCUT2D eigenvalue weighted by molar-refractivity contribution is 5.91. The molecule has 126 valence electrons. The Morgan fingerprint density at radius 2 is 1.61 bits per heavy atom. The molecule has 2 aliphatic heterocycles. The molecule has 2 heterocycles. The summed E-state index contributed by atoms with van der Waals surface area (Å²) in [6.45, 7) is 7.70. The monoisotopic (exact) mass is 318 g/mol. The number of carbonyl (C=O) groups is 1. The number of carbonyl (C=O) groups excluding carboxylic acids is 1. The van der Waals surface area contributed by atoms with Crippen molar-refractivity contribution in [2.75, 3.05) is 20.3 Å². The van der Waals surface area contributed by atoms with Gasteiger partial charge in [0, 0.05) is 11.8 Å². The zero-order valence-corrected chi connectivity index (χ0v) is 14.3. The molecule has 4 atom stereocenters. The molecule has 0 amide bonds. The molecule has 1 aromatic rings. The quantitative estimate of drug-likeness (QED) is 0.802. The zero-order valence-electron chi connectivity index (χ0n) is 14.3. The van der Waals surface area contributed by atoms with Crippen molar-refractivity contribution in [3.63, 3.8) is 0 Å². The predicted molar refractivity (Wildman–Crippen MR) is 90.5 cm³/mol. The highest BCUT2D eigenvalue weighted by Gasteiger charge is 2.43. The molecular weight excluding hydrogens is 292 g/mol. The van der Waals surface area contributed by atoms with Gasteiger partial charge in [-0.25, -0.2) is 0 Å². The van der Waals surface area contributed by atoms with Crippen molar-refractivity contribution >= 4 is 11.9 Å². The Morgan fingerprint density at radius 3 is 2.04 bits per heavy atom. The summed E-state index contributed by atoms with van der Waals surface area (Å²) < 4.78 is 16.2. The van der Waals surface area contributed by atoms with Gasteiger partial charge in [0.1, 0.15) is 5.75 Å². The van der Waals surface area contributed by atoms with Crippen molar-refractivity contribution in [1.29, 1.82) is 0 Å². The summed E-state index contributed by atoms with van der Waals surface area (Å²) in [5.74, 6) is 2.08. The van der Waals surface area contributed by atoms with E-state index in [0.717, 1.165) is 24.5 Å². The van der Waals surface area contributed by atoms with E-state index in [-0.39, 0.29) is 5.78 Å². The molecule has 2 saturated heterocycles. The molecule has 0 saturated carbocycles. The van der Waals surface area contributed by atoms with Crippen LogP contribution in [0.5, 0.6) is 5.75 Å². The number of hydrogen-bond acceptors (Lipinski definition) is 4. The van der Waals surface area contributed by atoms with Gasteiger partial charge in [0.2, 0.25) is 0 Å². The van der Waals surface area contributed by atoms with E-state index in [1.165, 1.54) is 6.92 Å². The second-order valence-electron chi connectivity index (χ2n) is 6.27. The van der Waals surface area contributed by atoms with Crippen molar-refractivity contribution in [2.45, 2.75) is 33.0 Å². The van der Waals surface area contributed by atoms with E-state index in [0.29, 0.717) is 24.0 Å². The molecule has 2 fully saturated rings.